The number of rotatable bonds is 3. The van der Waals surface area contributed by atoms with E-state index in [0.717, 1.165) is 5.69 Å². The van der Waals surface area contributed by atoms with Crippen LogP contribution in [0.1, 0.15) is 24.2 Å². The highest BCUT2D eigenvalue weighted by Gasteiger charge is 2.30. The summed E-state index contributed by atoms with van der Waals surface area (Å²) >= 11 is 0. The highest BCUT2D eigenvalue weighted by atomic mass is 16.5. The second-order valence-electron chi connectivity index (χ2n) is 4.59. The fraction of sp³-hybridized carbons (Fsp3) is 0.583. The summed E-state index contributed by atoms with van der Waals surface area (Å²) in [6.45, 7) is 3.96. The predicted molar refractivity (Wildman–Crippen MR) is 63.5 cm³/mol. The molecule has 0 radical (unpaired) electrons. The first-order chi connectivity index (χ1) is 8.47. The zero-order valence-electron chi connectivity index (χ0n) is 10.4. The highest BCUT2D eigenvalue weighted by Crippen LogP contribution is 2.21. The van der Waals surface area contributed by atoms with Crippen molar-refractivity contribution in [2.45, 2.75) is 45.4 Å². The van der Waals surface area contributed by atoms with E-state index < -0.39 is 12.1 Å². The van der Waals surface area contributed by atoms with Crippen LogP contribution in [-0.4, -0.2) is 32.8 Å². The van der Waals surface area contributed by atoms with Gasteiger partial charge in [0.1, 0.15) is 0 Å². The molecule has 6 heteroatoms. The van der Waals surface area contributed by atoms with Crippen LogP contribution < -0.4 is 5.69 Å². The summed E-state index contributed by atoms with van der Waals surface area (Å²) in [5, 5.41) is 8.84. The van der Waals surface area contributed by atoms with E-state index in [1.807, 2.05) is 13.0 Å². The molecule has 6 nitrogen and oxygen atoms in total. The smallest absolute Gasteiger partial charge is 0.348 e. The maximum atomic E-state index is 11.7. The second-order valence-corrected chi connectivity index (χ2v) is 4.59. The van der Waals surface area contributed by atoms with Gasteiger partial charge in [-0.1, -0.05) is 0 Å². The number of aromatic nitrogens is 2. The molecule has 2 unspecified atom stereocenters. The van der Waals surface area contributed by atoms with E-state index in [4.69, 9.17) is 9.84 Å². The summed E-state index contributed by atoms with van der Waals surface area (Å²) in [5.41, 5.74) is 1.19. The number of hydrogen-bond donors (Lipinski definition) is 1. The Hall–Kier alpha value is -1.69. The van der Waals surface area contributed by atoms with Crippen LogP contribution in [-0.2, 0) is 16.1 Å². The Morgan fingerprint density at radius 1 is 1.56 bits per heavy atom. The molecule has 0 amide bonds. The fourth-order valence-electron chi connectivity index (χ4n) is 2.22. The molecule has 1 fully saturated rings. The number of aryl methyl sites for hydroxylation is 2. The maximum Gasteiger partial charge on any atom is 0.348 e. The first-order valence-electron chi connectivity index (χ1n) is 5.90. The van der Waals surface area contributed by atoms with Crippen LogP contribution in [0.15, 0.2) is 10.9 Å². The predicted octanol–water partition coefficient (Wildman–Crippen LogP) is 0.492. The van der Waals surface area contributed by atoms with E-state index in [9.17, 15) is 9.59 Å². The molecule has 1 aliphatic rings. The molecule has 0 aromatic carbocycles. The Morgan fingerprint density at radius 2 is 2.28 bits per heavy atom. The molecule has 2 heterocycles. The van der Waals surface area contributed by atoms with Crippen molar-refractivity contribution in [3.63, 3.8) is 0 Å². The van der Waals surface area contributed by atoms with Gasteiger partial charge in [0.2, 0.25) is 0 Å². The Balaban J connectivity index is 2.12. The number of hydrogen-bond acceptors (Lipinski definition) is 4. The summed E-state index contributed by atoms with van der Waals surface area (Å²) in [4.78, 5) is 26.4. The molecule has 0 aliphatic carbocycles. The first kappa shape index (κ1) is 12.8. The van der Waals surface area contributed by atoms with Gasteiger partial charge < -0.3 is 9.84 Å². The monoisotopic (exact) mass is 252 g/mol. The number of nitrogens with zero attached hydrogens (tertiary/aromatic N) is 2. The zero-order valence-corrected chi connectivity index (χ0v) is 10.4. The normalized spacial score (nSPS) is 23.2. The van der Waals surface area contributed by atoms with E-state index in [0.29, 0.717) is 25.1 Å². The van der Waals surface area contributed by atoms with Gasteiger partial charge in [-0.05, 0) is 32.8 Å². The average Bonchev–Trinajstić information content (AvgIpc) is 2.71. The molecule has 1 saturated heterocycles. The van der Waals surface area contributed by atoms with Crippen LogP contribution in [0.5, 0.6) is 0 Å². The van der Waals surface area contributed by atoms with Gasteiger partial charge in [-0.25, -0.2) is 9.59 Å². The van der Waals surface area contributed by atoms with Crippen molar-refractivity contribution in [2.75, 3.05) is 0 Å². The molecule has 0 saturated carbocycles. The van der Waals surface area contributed by atoms with Gasteiger partial charge in [-0.3, -0.25) is 4.57 Å². The van der Waals surface area contributed by atoms with Crippen molar-refractivity contribution in [3.05, 3.63) is 27.9 Å². The minimum atomic E-state index is -0.941. The van der Waals surface area contributed by atoms with Crippen molar-refractivity contribution in [1.82, 2.24) is 9.55 Å². The van der Waals surface area contributed by atoms with E-state index in [1.54, 1.807) is 6.92 Å². The molecule has 1 N–H and O–H groups in total. The molecule has 98 valence electrons. The van der Waals surface area contributed by atoms with Crippen LogP contribution in [0, 0.1) is 13.8 Å². The first-order valence-corrected chi connectivity index (χ1v) is 5.90. The van der Waals surface area contributed by atoms with Gasteiger partial charge in [0.25, 0.3) is 0 Å². The molecule has 1 aromatic rings. The van der Waals surface area contributed by atoms with Crippen LogP contribution >= 0.6 is 0 Å². The summed E-state index contributed by atoms with van der Waals surface area (Å²) < 4.78 is 6.91. The van der Waals surface area contributed by atoms with Crippen molar-refractivity contribution in [1.29, 1.82) is 0 Å². The van der Waals surface area contributed by atoms with Gasteiger partial charge in [0.05, 0.1) is 12.6 Å². The van der Waals surface area contributed by atoms with Crippen molar-refractivity contribution in [2.24, 2.45) is 0 Å². The molecule has 18 heavy (non-hydrogen) atoms. The molecular weight excluding hydrogens is 236 g/mol. The quantitative estimate of drug-likeness (QED) is 0.846. The summed E-state index contributed by atoms with van der Waals surface area (Å²) in [7, 11) is 0. The molecular formula is C12H16N2O4. The van der Waals surface area contributed by atoms with Crippen LogP contribution in [0.4, 0.5) is 0 Å². The molecule has 2 rings (SSSR count). The van der Waals surface area contributed by atoms with E-state index in [2.05, 4.69) is 4.98 Å². The van der Waals surface area contributed by atoms with E-state index in [1.165, 1.54) is 4.57 Å². The minimum Gasteiger partial charge on any atom is -0.479 e. The zero-order chi connectivity index (χ0) is 13.3. The molecule has 1 aliphatic heterocycles. The van der Waals surface area contributed by atoms with Crippen LogP contribution in [0.25, 0.3) is 0 Å². The average molecular weight is 252 g/mol. The van der Waals surface area contributed by atoms with Crippen molar-refractivity contribution >= 4 is 5.97 Å². The SMILES string of the molecule is Cc1cc(C)n(CC2CCC(C(=O)O)O2)c(=O)n1. The topological polar surface area (TPSA) is 81.4 Å². The Bertz CT molecular complexity index is 523. The standard InChI is InChI=1S/C12H16N2O4/c1-7-5-8(2)14(12(17)13-7)6-9-3-4-10(18-9)11(15)16/h5,9-10H,3-4,6H2,1-2H3,(H,15,16). The Kier molecular flexibility index (Phi) is 3.47. The van der Waals surface area contributed by atoms with Crippen molar-refractivity contribution in [3.8, 4) is 0 Å². The third kappa shape index (κ3) is 2.59. The van der Waals surface area contributed by atoms with Gasteiger partial charge in [0.15, 0.2) is 6.10 Å². The van der Waals surface area contributed by atoms with E-state index in [-0.39, 0.29) is 11.8 Å². The Labute approximate surface area is 104 Å². The summed E-state index contributed by atoms with van der Waals surface area (Å²) in [6, 6.07) is 1.82. The number of ether oxygens (including phenoxy) is 1. The number of carboxylic acid groups (broad SMARTS) is 1. The molecule has 2 atom stereocenters. The van der Waals surface area contributed by atoms with Gasteiger partial charge in [0, 0.05) is 11.4 Å². The van der Waals surface area contributed by atoms with Crippen molar-refractivity contribution < 1.29 is 14.6 Å². The molecule has 1 aromatic heterocycles. The second kappa shape index (κ2) is 4.89. The number of carbonyl (C=O) groups is 1. The number of carboxylic acids is 1. The van der Waals surface area contributed by atoms with E-state index >= 15 is 0 Å². The maximum absolute atomic E-state index is 11.7. The highest BCUT2D eigenvalue weighted by molar-refractivity contribution is 5.72. The Morgan fingerprint density at radius 3 is 2.83 bits per heavy atom. The largest absolute Gasteiger partial charge is 0.479 e. The molecule has 0 bridgehead atoms. The lowest BCUT2D eigenvalue weighted by Gasteiger charge is -2.15. The number of aliphatic carboxylic acids is 1. The molecule has 0 spiro atoms. The lowest BCUT2D eigenvalue weighted by atomic mass is 10.2. The van der Waals surface area contributed by atoms with Gasteiger partial charge >= 0.3 is 11.7 Å². The lowest BCUT2D eigenvalue weighted by Crippen LogP contribution is -2.31. The fourth-order valence-corrected chi connectivity index (χ4v) is 2.22. The van der Waals surface area contributed by atoms with Crippen LogP contribution in [0.3, 0.4) is 0 Å². The third-order valence-corrected chi connectivity index (χ3v) is 3.12. The summed E-state index contributed by atoms with van der Waals surface area (Å²) in [6.07, 6.45) is 0.167. The van der Waals surface area contributed by atoms with Gasteiger partial charge in [-0.2, -0.15) is 4.98 Å². The summed E-state index contributed by atoms with van der Waals surface area (Å²) in [5.74, 6) is -0.941. The third-order valence-electron chi connectivity index (χ3n) is 3.12. The van der Waals surface area contributed by atoms with Gasteiger partial charge in [-0.15, -0.1) is 0 Å². The van der Waals surface area contributed by atoms with Crippen LogP contribution in [0.2, 0.25) is 0 Å². The minimum absolute atomic E-state index is 0.230. The lowest BCUT2D eigenvalue weighted by molar-refractivity contribution is -0.149.